The zero-order valence-electron chi connectivity index (χ0n) is 20.4. The first-order valence-corrected chi connectivity index (χ1v) is 11.9. The van der Waals surface area contributed by atoms with Crippen molar-refractivity contribution in [3.63, 3.8) is 0 Å². The summed E-state index contributed by atoms with van der Waals surface area (Å²) >= 11 is 0. The van der Waals surface area contributed by atoms with Gasteiger partial charge in [0.2, 0.25) is 11.8 Å². The summed E-state index contributed by atoms with van der Waals surface area (Å²) in [6.07, 6.45) is 6.34. The van der Waals surface area contributed by atoms with Crippen molar-refractivity contribution >= 4 is 6.09 Å². The monoisotopic (exact) mass is 471 g/mol. The average Bonchev–Trinajstić information content (AvgIpc) is 3.27. The van der Waals surface area contributed by atoms with E-state index in [1.54, 1.807) is 20.8 Å². The second kappa shape index (κ2) is 9.39. The Morgan fingerprint density at radius 1 is 1.09 bits per heavy atom. The number of carbonyl (C=O) groups is 1. The third kappa shape index (κ3) is 5.26. The molecule has 2 aromatic rings. The molecular weight excluding hydrogens is 437 g/mol. The molecule has 1 aromatic heterocycles. The molecule has 34 heavy (non-hydrogen) atoms. The van der Waals surface area contributed by atoms with E-state index in [4.69, 9.17) is 13.9 Å². The summed E-state index contributed by atoms with van der Waals surface area (Å²) in [4.78, 5) is 11.8. The largest absolute Gasteiger partial charge is 0.489 e. The fourth-order valence-corrected chi connectivity index (χ4v) is 5.15. The van der Waals surface area contributed by atoms with E-state index < -0.39 is 11.7 Å². The fraction of sp³-hybridized carbons (Fsp3) is 0.577. The topological polar surface area (TPSA) is 86.5 Å². The van der Waals surface area contributed by atoms with Gasteiger partial charge in [0.15, 0.2) is 0 Å². The van der Waals surface area contributed by atoms with E-state index in [9.17, 15) is 9.18 Å². The van der Waals surface area contributed by atoms with Gasteiger partial charge in [-0.05, 0) is 82.4 Å². The van der Waals surface area contributed by atoms with Crippen LogP contribution in [0, 0.1) is 6.92 Å². The number of ether oxygens (including phenoxy) is 2. The molecule has 1 heterocycles. The third-order valence-corrected chi connectivity index (χ3v) is 7.13. The first-order valence-electron chi connectivity index (χ1n) is 11.9. The van der Waals surface area contributed by atoms with Gasteiger partial charge in [-0.2, -0.15) is 0 Å². The predicted octanol–water partition coefficient (Wildman–Crippen LogP) is 5.68. The number of fused-ring (bicyclic) bond motifs is 3. The molecule has 3 saturated carbocycles. The molecule has 2 bridgehead atoms. The van der Waals surface area contributed by atoms with E-state index in [0.29, 0.717) is 23.5 Å². The van der Waals surface area contributed by atoms with Crippen LogP contribution >= 0.6 is 0 Å². The number of hydrogen-bond donors (Lipinski definition) is 1. The van der Waals surface area contributed by atoms with E-state index in [0.717, 1.165) is 44.4 Å². The molecular formula is C26H34FN3O4. The summed E-state index contributed by atoms with van der Waals surface area (Å²) in [7, 11) is 0. The van der Waals surface area contributed by atoms with Gasteiger partial charge in [-0.15, -0.1) is 10.2 Å². The van der Waals surface area contributed by atoms with Gasteiger partial charge in [0.1, 0.15) is 18.0 Å². The number of halogens is 1. The molecule has 1 N–H and O–H groups in total. The molecule has 7 nitrogen and oxygen atoms in total. The first kappa shape index (κ1) is 24.2. The minimum absolute atomic E-state index is 0.0218. The lowest BCUT2D eigenvalue weighted by Crippen LogP contribution is -2.46. The van der Waals surface area contributed by atoms with Crippen LogP contribution in [-0.4, -0.2) is 35.0 Å². The van der Waals surface area contributed by atoms with Crippen LogP contribution in [0.1, 0.15) is 76.6 Å². The number of aryl methyl sites for hydroxylation is 1. The summed E-state index contributed by atoms with van der Waals surface area (Å²) in [5.41, 5.74) is 1.25. The number of rotatable bonds is 7. The quantitative estimate of drug-likeness (QED) is 0.559. The third-order valence-electron chi connectivity index (χ3n) is 7.13. The molecule has 1 amide bonds. The number of nitrogens with zero attached hydrogens (tertiary/aromatic N) is 2. The second-order valence-corrected chi connectivity index (χ2v) is 10.6. The standard InChI is InChI=1S/C26H34FN3O4/c1-18-29-30-22(33-18)26-12-9-25(10-13-26,11-14-26)20-5-7-21(8-6-20)32-17-19(15-27)16-28-23(31)34-24(2,3)4/h5-8,15H,9-14,16-17H2,1-4H3,(H,28,31)/b19-15+. The van der Waals surface area contributed by atoms with Gasteiger partial charge in [-0.3, -0.25) is 0 Å². The second-order valence-electron chi connectivity index (χ2n) is 10.6. The molecule has 1 aromatic carbocycles. The summed E-state index contributed by atoms with van der Waals surface area (Å²) in [5, 5.41) is 10.9. The van der Waals surface area contributed by atoms with Crippen LogP contribution in [0.15, 0.2) is 40.6 Å². The highest BCUT2D eigenvalue weighted by Crippen LogP contribution is 2.58. The SMILES string of the molecule is Cc1nnc(C23CCC(c4ccc(OC/C(=C/F)CNC(=O)OC(C)(C)C)cc4)(CC2)CC3)o1. The molecule has 0 radical (unpaired) electrons. The highest BCUT2D eigenvalue weighted by atomic mass is 19.1. The number of aromatic nitrogens is 2. The smallest absolute Gasteiger partial charge is 0.407 e. The summed E-state index contributed by atoms with van der Waals surface area (Å²) in [6.45, 7) is 7.23. The van der Waals surface area contributed by atoms with E-state index in [2.05, 4.69) is 27.6 Å². The number of carbonyl (C=O) groups excluding carboxylic acids is 1. The van der Waals surface area contributed by atoms with Gasteiger partial charge < -0.3 is 19.2 Å². The van der Waals surface area contributed by atoms with Crippen LogP contribution in [0.5, 0.6) is 5.75 Å². The molecule has 184 valence electrons. The normalized spacial score (nSPS) is 24.7. The maximum Gasteiger partial charge on any atom is 0.407 e. The van der Waals surface area contributed by atoms with Gasteiger partial charge >= 0.3 is 6.09 Å². The molecule has 0 saturated heterocycles. The lowest BCUT2D eigenvalue weighted by molar-refractivity contribution is 0.0531. The van der Waals surface area contributed by atoms with Crippen molar-refractivity contribution in [1.82, 2.24) is 15.5 Å². The lowest BCUT2D eigenvalue weighted by atomic mass is 9.52. The van der Waals surface area contributed by atoms with Gasteiger partial charge in [-0.25, -0.2) is 9.18 Å². The Kier molecular flexibility index (Phi) is 6.69. The van der Waals surface area contributed by atoms with Crippen LogP contribution in [0.4, 0.5) is 9.18 Å². The van der Waals surface area contributed by atoms with E-state index in [-0.39, 0.29) is 24.0 Å². The molecule has 3 aliphatic rings. The van der Waals surface area contributed by atoms with Crippen molar-refractivity contribution in [2.24, 2.45) is 0 Å². The Hall–Kier alpha value is -2.90. The number of benzene rings is 1. The Labute approximate surface area is 200 Å². The highest BCUT2D eigenvalue weighted by Gasteiger charge is 2.52. The zero-order valence-corrected chi connectivity index (χ0v) is 20.4. The van der Waals surface area contributed by atoms with E-state index >= 15 is 0 Å². The van der Waals surface area contributed by atoms with Crippen molar-refractivity contribution in [3.8, 4) is 5.75 Å². The fourth-order valence-electron chi connectivity index (χ4n) is 5.15. The van der Waals surface area contributed by atoms with Gasteiger partial charge in [0, 0.05) is 24.5 Å². The molecule has 0 spiro atoms. The van der Waals surface area contributed by atoms with Crippen LogP contribution < -0.4 is 10.1 Å². The molecule has 0 unspecified atom stereocenters. The van der Waals surface area contributed by atoms with Crippen LogP contribution in [0.3, 0.4) is 0 Å². The molecule has 5 rings (SSSR count). The molecule has 8 heteroatoms. The Bertz CT molecular complexity index is 1010. The van der Waals surface area contributed by atoms with Crippen molar-refractivity contribution in [2.75, 3.05) is 13.2 Å². The number of hydrogen-bond acceptors (Lipinski definition) is 6. The first-order chi connectivity index (χ1) is 16.1. The van der Waals surface area contributed by atoms with Gasteiger partial charge in [-0.1, -0.05) is 12.1 Å². The van der Waals surface area contributed by atoms with Crippen LogP contribution in [-0.2, 0) is 15.6 Å². The number of nitrogens with one attached hydrogen (secondary N) is 1. The maximum absolute atomic E-state index is 13.3. The van der Waals surface area contributed by atoms with Crippen molar-refractivity contribution in [3.05, 3.63) is 53.5 Å². The minimum Gasteiger partial charge on any atom is -0.489 e. The van der Waals surface area contributed by atoms with E-state index in [1.165, 1.54) is 5.56 Å². The van der Waals surface area contributed by atoms with Gasteiger partial charge in [0.25, 0.3) is 0 Å². The van der Waals surface area contributed by atoms with Crippen molar-refractivity contribution < 1.29 is 23.1 Å². The Morgan fingerprint density at radius 3 is 2.24 bits per heavy atom. The summed E-state index contributed by atoms with van der Waals surface area (Å²) in [5.74, 6) is 2.10. The lowest BCUT2D eigenvalue weighted by Gasteiger charge is -2.52. The van der Waals surface area contributed by atoms with Crippen LogP contribution in [0.25, 0.3) is 0 Å². The van der Waals surface area contributed by atoms with Gasteiger partial charge in [0.05, 0.1) is 6.33 Å². The Morgan fingerprint density at radius 2 is 1.71 bits per heavy atom. The van der Waals surface area contributed by atoms with Crippen LogP contribution in [0.2, 0.25) is 0 Å². The Balaban J connectivity index is 1.30. The molecule has 0 atom stereocenters. The molecule has 3 fully saturated rings. The average molecular weight is 472 g/mol. The van der Waals surface area contributed by atoms with Crippen molar-refractivity contribution in [2.45, 2.75) is 82.7 Å². The molecule has 3 aliphatic carbocycles. The van der Waals surface area contributed by atoms with Crippen molar-refractivity contribution in [1.29, 1.82) is 0 Å². The zero-order chi connectivity index (χ0) is 24.4. The van der Waals surface area contributed by atoms with E-state index in [1.807, 2.05) is 19.1 Å². The maximum atomic E-state index is 13.3. The highest BCUT2D eigenvalue weighted by molar-refractivity contribution is 5.68. The minimum atomic E-state index is -0.606. The number of amides is 1. The predicted molar refractivity (Wildman–Crippen MR) is 125 cm³/mol. The summed E-state index contributed by atoms with van der Waals surface area (Å²) < 4.78 is 30.0. The number of alkyl carbamates (subject to hydrolysis) is 1. The summed E-state index contributed by atoms with van der Waals surface area (Å²) in [6, 6.07) is 8.14. The molecule has 0 aliphatic heterocycles.